The second kappa shape index (κ2) is 11.0. The first-order chi connectivity index (χ1) is 11.1. The number of ether oxygens (including phenoxy) is 1. The molecule has 1 heterocycles. The van der Waals surface area contributed by atoms with Crippen molar-refractivity contribution in [2.75, 3.05) is 26.2 Å². The van der Waals surface area contributed by atoms with Gasteiger partial charge in [-0.05, 0) is 51.1 Å². The number of nitrogens with two attached hydrogens (primary N) is 1. The minimum atomic E-state index is -0.0626. The molecule has 1 aliphatic rings. The third-order valence-corrected chi connectivity index (χ3v) is 4.31. The van der Waals surface area contributed by atoms with E-state index in [0.29, 0.717) is 23.6 Å². The van der Waals surface area contributed by atoms with E-state index in [0.717, 1.165) is 18.8 Å². The predicted molar refractivity (Wildman–Crippen MR) is 112 cm³/mol. The lowest BCUT2D eigenvalue weighted by molar-refractivity contribution is 0.230. The number of hydrogen-bond donors (Lipinski definition) is 2. The zero-order valence-corrected chi connectivity index (χ0v) is 17.5. The summed E-state index contributed by atoms with van der Waals surface area (Å²) in [5.41, 5.74) is 5.95. The van der Waals surface area contributed by atoms with Gasteiger partial charge in [0.2, 0.25) is 0 Å². The Morgan fingerprint density at radius 3 is 3.04 bits per heavy atom. The van der Waals surface area contributed by atoms with Crippen LogP contribution in [0.1, 0.15) is 26.7 Å². The summed E-state index contributed by atoms with van der Waals surface area (Å²) in [7, 11) is 0. The lowest BCUT2D eigenvalue weighted by Gasteiger charge is -2.23. The van der Waals surface area contributed by atoms with E-state index in [9.17, 15) is 0 Å². The highest BCUT2D eigenvalue weighted by atomic mass is 127. The topological polar surface area (TPSA) is 62.9 Å². The monoisotopic (exact) mass is 466 g/mol. The van der Waals surface area contributed by atoms with Gasteiger partial charge in [0.05, 0.1) is 6.54 Å². The van der Waals surface area contributed by atoms with Crippen molar-refractivity contribution < 1.29 is 4.74 Å². The zero-order valence-electron chi connectivity index (χ0n) is 14.4. The van der Waals surface area contributed by atoms with E-state index in [1.54, 1.807) is 6.07 Å². The molecule has 0 amide bonds. The Morgan fingerprint density at radius 2 is 2.33 bits per heavy atom. The van der Waals surface area contributed by atoms with E-state index in [4.69, 9.17) is 22.1 Å². The van der Waals surface area contributed by atoms with Crippen molar-refractivity contribution in [1.29, 1.82) is 0 Å². The molecule has 1 aromatic carbocycles. The highest BCUT2D eigenvalue weighted by Gasteiger charge is 2.22. The molecule has 2 unspecified atom stereocenters. The number of nitrogens with one attached hydrogen (secondary N) is 1. The van der Waals surface area contributed by atoms with E-state index in [1.165, 1.54) is 19.4 Å². The molecular weight excluding hydrogens is 439 g/mol. The molecule has 0 bridgehead atoms. The van der Waals surface area contributed by atoms with Crippen molar-refractivity contribution in [1.82, 2.24) is 10.2 Å². The number of rotatable bonds is 7. The number of likely N-dealkylation sites (N-methyl/N-ethyl adjacent to an activating group) is 1. The first-order valence-corrected chi connectivity index (χ1v) is 8.66. The molecule has 2 atom stereocenters. The second-order valence-corrected chi connectivity index (χ2v) is 6.35. The van der Waals surface area contributed by atoms with Crippen LogP contribution in [0.2, 0.25) is 5.02 Å². The average Bonchev–Trinajstić information content (AvgIpc) is 2.98. The molecule has 3 N–H and O–H groups in total. The van der Waals surface area contributed by atoms with E-state index in [-0.39, 0.29) is 30.1 Å². The van der Waals surface area contributed by atoms with Crippen LogP contribution in [-0.4, -0.2) is 49.2 Å². The van der Waals surface area contributed by atoms with Gasteiger partial charge < -0.3 is 15.8 Å². The van der Waals surface area contributed by atoms with E-state index in [2.05, 4.69) is 22.1 Å². The zero-order chi connectivity index (χ0) is 16.7. The molecule has 0 aromatic heterocycles. The Bertz CT molecular complexity index is 529. The maximum atomic E-state index is 5.95. The molecule has 0 radical (unpaired) electrons. The number of nitrogens with zero attached hydrogens (tertiary/aromatic N) is 2. The molecule has 136 valence electrons. The van der Waals surface area contributed by atoms with Gasteiger partial charge >= 0.3 is 0 Å². The van der Waals surface area contributed by atoms with E-state index < -0.39 is 0 Å². The average molecular weight is 467 g/mol. The van der Waals surface area contributed by atoms with Gasteiger partial charge in [-0.15, -0.1) is 24.0 Å². The van der Waals surface area contributed by atoms with Gasteiger partial charge in [-0.2, -0.15) is 0 Å². The molecule has 0 saturated carbocycles. The highest BCUT2D eigenvalue weighted by Crippen LogP contribution is 2.18. The lowest BCUT2D eigenvalue weighted by atomic mass is 10.2. The number of benzene rings is 1. The van der Waals surface area contributed by atoms with Crippen LogP contribution in [0.3, 0.4) is 0 Å². The molecule has 0 aliphatic carbocycles. The Balaban J connectivity index is 0.00000288. The van der Waals surface area contributed by atoms with Crippen LogP contribution in [0.25, 0.3) is 0 Å². The summed E-state index contributed by atoms with van der Waals surface area (Å²) in [5.74, 6) is 1.23. The molecule has 24 heavy (non-hydrogen) atoms. The quantitative estimate of drug-likeness (QED) is 0.368. The van der Waals surface area contributed by atoms with Crippen molar-refractivity contribution in [2.45, 2.75) is 38.8 Å². The van der Waals surface area contributed by atoms with Crippen molar-refractivity contribution in [3.05, 3.63) is 29.3 Å². The number of halogens is 2. The van der Waals surface area contributed by atoms with E-state index >= 15 is 0 Å². The van der Waals surface area contributed by atoms with Gasteiger partial charge in [0.25, 0.3) is 0 Å². The molecular formula is C17H28ClIN4O. The van der Waals surface area contributed by atoms with Crippen LogP contribution in [0.15, 0.2) is 29.3 Å². The highest BCUT2D eigenvalue weighted by molar-refractivity contribution is 14.0. The standard InChI is InChI=1S/C17H27ClN4O.HI/c1-3-22-9-5-7-15(22)12-21-17(19)20-11-13(2)23-16-8-4-6-14(18)10-16;/h4,6,8,10,13,15H,3,5,7,9,11-12H2,1-2H3,(H3,19,20,21);1H. The molecule has 1 aliphatic heterocycles. The smallest absolute Gasteiger partial charge is 0.188 e. The third kappa shape index (κ3) is 7.03. The predicted octanol–water partition coefficient (Wildman–Crippen LogP) is 3.11. The normalized spacial score (nSPS) is 19.6. The fourth-order valence-electron chi connectivity index (χ4n) is 2.86. The van der Waals surface area contributed by atoms with Gasteiger partial charge in [-0.3, -0.25) is 4.90 Å². The maximum absolute atomic E-state index is 5.95. The third-order valence-electron chi connectivity index (χ3n) is 4.08. The van der Waals surface area contributed by atoms with Crippen LogP contribution >= 0.6 is 35.6 Å². The summed E-state index contributed by atoms with van der Waals surface area (Å²) in [6, 6.07) is 7.93. The molecule has 1 fully saturated rings. The van der Waals surface area contributed by atoms with Crippen LogP contribution in [0.4, 0.5) is 0 Å². The van der Waals surface area contributed by atoms with Gasteiger partial charge in [0.15, 0.2) is 5.96 Å². The first kappa shape index (κ1) is 21.3. The fourth-order valence-corrected chi connectivity index (χ4v) is 3.04. The van der Waals surface area contributed by atoms with Crippen LogP contribution in [0, 0.1) is 0 Å². The Kier molecular flexibility index (Phi) is 9.76. The van der Waals surface area contributed by atoms with Crippen molar-refractivity contribution >= 4 is 41.5 Å². The summed E-state index contributed by atoms with van der Waals surface area (Å²) in [6.07, 6.45) is 2.43. The second-order valence-electron chi connectivity index (χ2n) is 5.92. The van der Waals surface area contributed by atoms with Crippen LogP contribution < -0.4 is 15.8 Å². The molecule has 1 saturated heterocycles. The number of guanidine groups is 1. The molecule has 7 heteroatoms. The lowest BCUT2D eigenvalue weighted by Crippen LogP contribution is -2.43. The van der Waals surface area contributed by atoms with Gasteiger partial charge in [-0.1, -0.05) is 24.6 Å². The summed E-state index contributed by atoms with van der Waals surface area (Å²) in [4.78, 5) is 6.84. The largest absolute Gasteiger partial charge is 0.489 e. The minimum absolute atomic E-state index is 0. The summed E-state index contributed by atoms with van der Waals surface area (Å²) in [6.45, 7) is 7.80. The van der Waals surface area contributed by atoms with Gasteiger partial charge in [0, 0.05) is 17.6 Å². The first-order valence-electron chi connectivity index (χ1n) is 8.28. The Morgan fingerprint density at radius 1 is 1.54 bits per heavy atom. The van der Waals surface area contributed by atoms with Crippen molar-refractivity contribution in [3.63, 3.8) is 0 Å². The van der Waals surface area contributed by atoms with Gasteiger partial charge in [0.1, 0.15) is 11.9 Å². The molecule has 0 spiro atoms. The SMILES string of the molecule is CCN1CCCC1CNC(N)=NCC(C)Oc1cccc(Cl)c1.I. The molecule has 2 rings (SSSR count). The number of likely N-dealkylation sites (tertiary alicyclic amines) is 1. The van der Waals surface area contributed by atoms with Crippen molar-refractivity contribution in [2.24, 2.45) is 10.7 Å². The number of aliphatic imine (C=N–C) groups is 1. The summed E-state index contributed by atoms with van der Waals surface area (Å²) < 4.78 is 5.77. The Hall–Kier alpha value is -0.730. The summed E-state index contributed by atoms with van der Waals surface area (Å²) in [5, 5.41) is 3.89. The van der Waals surface area contributed by atoms with E-state index in [1.807, 2.05) is 25.1 Å². The summed E-state index contributed by atoms with van der Waals surface area (Å²) >= 11 is 5.94. The van der Waals surface area contributed by atoms with Crippen LogP contribution in [0.5, 0.6) is 5.75 Å². The van der Waals surface area contributed by atoms with Crippen molar-refractivity contribution in [3.8, 4) is 5.75 Å². The minimum Gasteiger partial charge on any atom is -0.489 e. The van der Waals surface area contributed by atoms with Gasteiger partial charge in [-0.25, -0.2) is 4.99 Å². The number of hydrogen-bond acceptors (Lipinski definition) is 3. The maximum Gasteiger partial charge on any atom is 0.188 e. The molecule has 5 nitrogen and oxygen atoms in total. The van der Waals surface area contributed by atoms with Crippen LogP contribution in [-0.2, 0) is 0 Å². The molecule has 1 aromatic rings. The Labute approximate surface area is 167 Å². The fraction of sp³-hybridized carbons (Fsp3) is 0.588.